The predicted octanol–water partition coefficient (Wildman–Crippen LogP) is 2.49. The van der Waals surface area contributed by atoms with Crippen LogP contribution < -0.4 is 0 Å². The molecular formula is C10H12FO4P. The van der Waals surface area contributed by atoms with Gasteiger partial charge in [-0.1, -0.05) is 12.1 Å². The molecule has 0 fully saturated rings. The van der Waals surface area contributed by atoms with E-state index in [9.17, 15) is 13.8 Å². The number of carbonyl (C=O) groups excluding carboxylic acids is 1. The van der Waals surface area contributed by atoms with Crippen LogP contribution in [0.4, 0.5) is 4.39 Å². The predicted molar refractivity (Wildman–Crippen MR) is 57.2 cm³/mol. The van der Waals surface area contributed by atoms with Crippen LogP contribution in [0.15, 0.2) is 24.3 Å². The van der Waals surface area contributed by atoms with Gasteiger partial charge in [-0.3, -0.25) is 9.36 Å². The van der Waals surface area contributed by atoms with Crippen molar-refractivity contribution in [1.29, 1.82) is 0 Å². The number of halogens is 1. The fourth-order valence-electron chi connectivity index (χ4n) is 1.15. The van der Waals surface area contributed by atoms with E-state index in [0.717, 1.165) is 6.07 Å². The first-order valence-corrected chi connectivity index (χ1v) is 6.23. The molecular weight excluding hydrogens is 234 g/mol. The normalized spacial score (nSPS) is 11.4. The fourth-order valence-corrected chi connectivity index (χ4v) is 2.08. The van der Waals surface area contributed by atoms with Crippen LogP contribution in [0, 0.1) is 5.82 Å². The highest BCUT2D eigenvalue weighted by Crippen LogP contribution is 2.46. The lowest BCUT2D eigenvalue weighted by atomic mass is 10.1. The van der Waals surface area contributed by atoms with Gasteiger partial charge in [0.15, 0.2) is 5.78 Å². The van der Waals surface area contributed by atoms with E-state index in [2.05, 4.69) is 9.05 Å². The minimum Gasteiger partial charge on any atom is -0.312 e. The third-order valence-corrected chi connectivity index (χ3v) is 3.86. The fraction of sp³-hybridized carbons (Fsp3) is 0.300. The minimum atomic E-state index is -3.44. The van der Waals surface area contributed by atoms with Crippen LogP contribution in [0.5, 0.6) is 0 Å². The van der Waals surface area contributed by atoms with Gasteiger partial charge in [0.2, 0.25) is 0 Å². The minimum absolute atomic E-state index is 0.114. The van der Waals surface area contributed by atoms with E-state index in [4.69, 9.17) is 0 Å². The number of hydrogen-bond acceptors (Lipinski definition) is 4. The van der Waals surface area contributed by atoms with Crippen molar-refractivity contribution in [2.75, 3.05) is 20.4 Å². The van der Waals surface area contributed by atoms with Gasteiger partial charge >= 0.3 is 7.60 Å². The number of carbonyl (C=O) groups is 1. The van der Waals surface area contributed by atoms with Crippen LogP contribution in [0.1, 0.15) is 10.4 Å². The number of rotatable bonds is 5. The lowest BCUT2D eigenvalue weighted by Gasteiger charge is -2.12. The van der Waals surface area contributed by atoms with E-state index in [1.54, 1.807) is 0 Å². The monoisotopic (exact) mass is 246 g/mol. The maximum Gasteiger partial charge on any atom is 0.337 e. The maximum absolute atomic E-state index is 13.2. The molecule has 0 radical (unpaired) electrons. The first-order valence-electron chi connectivity index (χ1n) is 4.50. The van der Waals surface area contributed by atoms with Crippen molar-refractivity contribution in [3.8, 4) is 0 Å². The SMILES string of the molecule is COP(=O)(CC(=O)c1ccccc1F)OC. The Morgan fingerprint density at radius 1 is 1.31 bits per heavy atom. The van der Waals surface area contributed by atoms with E-state index in [-0.39, 0.29) is 5.56 Å². The molecule has 0 aliphatic heterocycles. The zero-order valence-electron chi connectivity index (χ0n) is 8.97. The quantitative estimate of drug-likeness (QED) is 0.591. The molecule has 0 aromatic heterocycles. The van der Waals surface area contributed by atoms with Crippen LogP contribution in [0.2, 0.25) is 0 Å². The molecule has 0 saturated carbocycles. The molecule has 0 aliphatic carbocycles. The van der Waals surface area contributed by atoms with Gasteiger partial charge in [0.05, 0.1) is 5.56 Å². The molecule has 0 unspecified atom stereocenters. The molecule has 0 saturated heterocycles. The summed E-state index contributed by atoms with van der Waals surface area (Å²) in [5.41, 5.74) is -0.114. The first kappa shape index (κ1) is 13.0. The van der Waals surface area contributed by atoms with Gasteiger partial charge in [0, 0.05) is 14.2 Å². The highest BCUT2D eigenvalue weighted by atomic mass is 31.2. The molecule has 0 heterocycles. The molecule has 0 amide bonds. The molecule has 1 aromatic carbocycles. The van der Waals surface area contributed by atoms with Crippen molar-refractivity contribution in [2.24, 2.45) is 0 Å². The van der Waals surface area contributed by atoms with Crippen molar-refractivity contribution in [3.05, 3.63) is 35.6 Å². The Kier molecular flexibility index (Phi) is 4.35. The van der Waals surface area contributed by atoms with Crippen molar-refractivity contribution >= 4 is 13.4 Å². The van der Waals surface area contributed by atoms with Crippen molar-refractivity contribution < 1.29 is 22.8 Å². The van der Waals surface area contributed by atoms with Crippen molar-refractivity contribution in [2.45, 2.75) is 0 Å². The molecule has 1 rings (SSSR count). The van der Waals surface area contributed by atoms with Gasteiger partial charge in [-0.05, 0) is 12.1 Å². The highest BCUT2D eigenvalue weighted by molar-refractivity contribution is 7.54. The van der Waals surface area contributed by atoms with Gasteiger partial charge in [-0.2, -0.15) is 0 Å². The maximum atomic E-state index is 13.2. The van der Waals surface area contributed by atoms with Crippen LogP contribution >= 0.6 is 7.60 Å². The second kappa shape index (κ2) is 5.34. The molecule has 4 nitrogen and oxygen atoms in total. The molecule has 0 N–H and O–H groups in total. The Morgan fingerprint density at radius 3 is 2.38 bits per heavy atom. The standard InChI is InChI=1S/C10H12FO4P/c1-14-16(13,15-2)7-10(12)8-5-3-4-6-9(8)11/h3-6H,7H2,1-2H3. The second-order valence-electron chi connectivity index (χ2n) is 3.04. The summed E-state index contributed by atoms with van der Waals surface area (Å²) in [7, 11) is -1.08. The first-order chi connectivity index (χ1) is 7.52. The smallest absolute Gasteiger partial charge is 0.312 e. The summed E-state index contributed by atoms with van der Waals surface area (Å²) in [6.45, 7) is 0. The zero-order chi connectivity index (χ0) is 12.2. The third kappa shape index (κ3) is 2.98. The van der Waals surface area contributed by atoms with Gasteiger partial charge in [-0.25, -0.2) is 4.39 Å². The van der Waals surface area contributed by atoms with E-state index >= 15 is 0 Å². The summed E-state index contributed by atoms with van der Waals surface area (Å²) in [6, 6.07) is 5.49. The average molecular weight is 246 g/mol. The topological polar surface area (TPSA) is 52.6 Å². The second-order valence-corrected chi connectivity index (χ2v) is 5.31. The highest BCUT2D eigenvalue weighted by Gasteiger charge is 2.27. The summed E-state index contributed by atoms with van der Waals surface area (Å²) in [5.74, 6) is -1.25. The van der Waals surface area contributed by atoms with Crippen LogP contribution in [0.3, 0.4) is 0 Å². The van der Waals surface area contributed by atoms with Crippen LogP contribution in [0.25, 0.3) is 0 Å². The number of ketones is 1. The number of hydrogen-bond donors (Lipinski definition) is 0. The summed E-state index contributed by atoms with van der Waals surface area (Å²) < 4.78 is 34.1. The molecule has 0 bridgehead atoms. The Labute approximate surface area is 92.9 Å². The molecule has 0 spiro atoms. The largest absolute Gasteiger partial charge is 0.337 e. The van der Waals surface area contributed by atoms with Crippen LogP contribution in [-0.2, 0) is 13.6 Å². The Balaban J connectivity index is 2.89. The number of benzene rings is 1. The van der Waals surface area contributed by atoms with E-state index < -0.39 is 25.4 Å². The van der Waals surface area contributed by atoms with Gasteiger partial charge in [-0.15, -0.1) is 0 Å². The summed E-state index contributed by atoms with van der Waals surface area (Å²) in [4.78, 5) is 11.6. The Morgan fingerprint density at radius 2 is 1.88 bits per heavy atom. The molecule has 6 heteroatoms. The zero-order valence-corrected chi connectivity index (χ0v) is 9.87. The van der Waals surface area contributed by atoms with Gasteiger partial charge in [0.1, 0.15) is 12.0 Å². The van der Waals surface area contributed by atoms with Crippen molar-refractivity contribution in [1.82, 2.24) is 0 Å². The molecule has 1 aromatic rings. The van der Waals surface area contributed by atoms with E-state index in [1.807, 2.05) is 0 Å². The summed E-state index contributed by atoms with van der Waals surface area (Å²) in [5, 5.41) is 0. The Hall–Kier alpha value is -1.03. The summed E-state index contributed by atoms with van der Waals surface area (Å²) in [6.07, 6.45) is -0.471. The van der Waals surface area contributed by atoms with E-state index in [0.29, 0.717) is 0 Å². The summed E-state index contributed by atoms with van der Waals surface area (Å²) >= 11 is 0. The van der Waals surface area contributed by atoms with Crippen molar-refractivity contribution in [3.63, 3.8) is 0 Å². The lowest BCUT2D eigenvalue weighted by Crippen LogP contribution is -2.10. The van der Waals surface area contributed by atoms with Gasteiger partial charge in [0.25, 0.3) is 0 Å². The molecule has 0 atom stereocenters. The van der Waals surface area contributed by atoms with Crippen LogP contribution in [-0.4, -0.2) is 26.2 Å². The lowest BCUT2D eigenvalue weighted by molar-refractivity contribution is 0.100. The number of Topliss-reactive ketones (excluding diaryl/α,β-unsaturated/α-hetero) is 1. The molecule has 88 valence electrons. The molecule has 0 aliphatic rings. The Bertz CT molecular complexity index is 425. The molecule has 16 heavy (non-hydrogen) atoms. The van der Waals surface area contributed by atoms with E-state index in [1.165, 1.54) is 32.4 Å². The average Bonchev–Trinajstić information content (AvgIpc) is 2.29. The van der Waals surface area contributed by atoms with Gasteiger partial charge < -0.3 is 9.05 Å². The third-order valence-electron chi connectivity index (χ3n) is 2.07.